The first-order valence-electron chi connectivity index (χ1n) is 7.67. The first kappa shape index (κ1) is 16.3. The highest BCUT2D eigenvalue weighted by Crippen LogP contribution is 2.13. The van der Waals surface area contributed by atoms with E-state index in [4.69, 9.17) is 4.42 Å². The quantitative estimate of drug-likeness (QED) is 0.854. The van der Waals surface area contributed by atoms with E-state index >= 15 is 0 Å². The van der Waals surface area contributed by atoms with Crippen molar-refractivity contribution in [3.05, 3.63) is 59.5 Å². The van der Waals surface area contributed by atoms with Gasteiger partial charge in [-0.2, -0.15) is 0 Å². The van der Waals surface area contributed by atoms with Crippen molar-refractivity contribution in [1.82, 2.24) is 10.2 Å². The Morgan fingerprint density at radius 2 is 2.00 bits per heavy atom. The molecule has 0 saturated heterocycles. The normalized spacial score (nSPS) is 12.4. The van der Waals surface area contributed by atoms with E-state index in [9.17, 15) is 4.79 Å². The third kappa shape index (κ3) is 4.74. The minimum absolute atomic E-state index is 0.00965. The first-order valence-corrected chi connectivity index (χ1v) is 7.67. The average Bonchev–Trinajstić information content (AvgIpc) is 2.99. The van der Waals surface area contributed by atoms with Gasteiger partial charge in [0, 0.05) is 0 Å². The maximum Gasteiger partial charge on any atom is 0.234 e. The molecule has 0 aliphatic heterocycles. The van der Waals surface area contributed by atoms with E-state index in [2.05, 4.69) is 36.5 Å². The second-order valence-electron chi connectivity index (χ2n) is 5.64. The number of aryl methyl sites for hydroxylation is 1. The van der Waals surface area contributed by atoms with Crippen LogP contribution < -0.4 is 5.32 Å². The number of carbonyl (C=O) groups is 1. The number of carbonyl (C=O) groups excluding carboxylic acids is 1. The Labute approximate surface area is 132 Å². The van der Waals surface area contributed by atoms with E-state index in [0.717, 1.165) is 17.7 Å². The molecule has 4 heteroatoms. The highest BCUT2D eigenvalue weighted by molar-refractivity contribution is 5.78. The zero-order valence-corrected chi connectivity index (χ0v) is 13.5. The smallest absolute Gasteiger partial charge is 0.234 e. The summed E-state index contributed by atoms with van der Waals surface area (Å²) in [5, 5.41) is 3.03. The number of nitrogens with one attached hydrogen (secondary N) is 1. The Kier molecular flexibility index (Phi) is 5.78. The van der Waals surface area contributed by atoms with Crippen molar-refractivity contribution < 1.29 is 9.21 Å². The summed E-state index contributed by atoms with van der Waals surface area (Å²) in [6.45, 7) is 5.11. The number of furan rings is 1. The van der Waals surface area contributed by atoms with E-state index in [1.165, 1.54) is 5.56 Å². The Hall–Kier alpha value is -2.07. The number of benzene rings is 1. The van der Waals surface area contributed by atoms with E-state index in [1.807, 2.05) is 31.0 Å². The molecule has 1 aromatic carbocycles. The Morgan fingerprint density at radius 3 is 2.59 bits per heavy atom. The summed E-state index contributed by atoms with van der Waals surface area (Å²) in [5.41, 5.74) is 2.43. The summed E-state index contributed by atoms with van der Waals surface area (Å²) in [4.78, 5) is 14.0. The van der Waals surface area contributed by atoms with Gasteiger partial charge in [0.1, 0.15) is 5.76 Å². The highest BCUT2D eigenvalue weighted by Gasteiger charge is 2.12. The molecule has 1 amide bonds. The van der Waals surface area contributed by atoms with Crippen LogP contribution in [0.25, 0.3) is 0 Å². The molecule has 2 rings (SSSR count). The van der Waals surface area contributed by atoms with Crippen LogP contribution in [0.5, 0.6) is 0 Å². The van der Waals surface area contributed by atoms with Gasteiger partial charge in [-0.1, -0.05) is 31.2 Å². The Morgan fingerprint density at radius 1 is 1.27 bits per heavy atom. The van der Waals surface area contributed by atoms with E-state index in [1.54, 1.807) is 6.26 Å². The second-order valence-corrected chi connectivity index (χ2v) is 5.64. The summed E-state index contributed by atoms with van der Waals surface area (Å²) in [6, 6.07) is 12.2. The summed E-state index contributed by atoms with van der Waals surface area (Å²) in [7, 11) is 1.91. The summed E-state index contributed by atoms with van der Waals surface area (Å²) in [5.74, 6) is 0.875. The van der Waals surface area contributed by atoms with Crippen LogP contribution in [0.3, 0.4) is 0 Å². The van der Waals surface area contributed by atoms with Crippen molar-refractivity contribution in [2.24, 2.45) is 0 Å². The van der Waals surface area contributed by atoms with Gasteiger partial charge in [-0.15, -0.1) is 0 Å². The lowest BCUT2D eigenvalue weighted by Crippen LogP contribution is -2.36. The summed E-state index contributed by atoms with van der Waals surface area (Å²) < 4.78 is 5.28. The maximum atomic E-state index is 12.1. The molecular formula is C18H24N2O2. The van der Waals surface area contributed by atoms with Crippen LogP contribution in [-0.2, 0) is 17.8 Å². The first-order chi connectivity index (χ1) is 10.6. The van der Waals surface area contributed by atoms with Crippen LogP contribution >= 0.6 is 0 Å². The van der Waals surface area contributed by atoms with Gasteiger partial charge >= 0.3 is 0 Å². The fraction of sp³-hybridized carbons (Fsp3) is 0.389. The third-order valence-corrected chi connectivity index (χ3v) is 3.68. The van der Waals surface area contributed by atoms with Crippen molar-refractivity contribution in [1.29, 1.82) is 0 Å². The molecule has 0 aliphatic rings. The molecule has 0 fully saturated rings. The van der Waals surface area contributed by atoms with E-state index in [-0.39, 0.29) is 11.9 Å². The molecule has 1 aromatic heterocycles. The minimum atomic E-state index is 0.00965. The number of hydrogen-bond donors (Lipinski definition) is 1. The molecule has 1 heterocycles. The standard InChI is InChI=1S/C18H24N2O2/c1-4-15-7-9-16(10-8-15)14(2)19-18(21)13-20(3)12-17-6-5-11-22-17/h5-11,14H,4,12-13H2,1-3H3,(H,19,21). The van der Waals surface area contributed by atoms with E-state index < -0.39 is 0 Å². The minimum Gasteiger partial charge on any atom is -0.468 e. The molecule has 0 saturated carbocycles. The summed E-state index contributed by atoms with van der Waals surface area (Å²) >= 11 is 0. The number of amides is 1. The van der Waals surface area contributed by atoms with Crippen molar-refractivity contribution in [3.8, 4) is 0 Å². The molecule has 1 unspecified atom stereocenters. The van der Waals surface area contributed by atoms with Gasteiger partial charge in [0.05, 0.1) is 25.4 Å². The van der Waals surface area contributed by atoms with Gasteiger partial charge in [-0.25, -0.2) is 0 Å². The largest absolute Gasteiger partial charge is 0.468 e. The molecule has 0 bridgehead atoms. The molecule has 0 radical (unpaired) electrons. The molecule has 1 atom stereocenters. The molecule has 2 aromatic rings. The summed E-state index contributed by atoms with van der Waals surface area (Å²) in [6.07, 6.45) is 2.67. The van der Waals surface area contributed by atoms with Crippen LogP contribution in [0.1, 0.15) is 36.8 Å². The van der Waals surface area contributed by atoms with Crippen LogP contribution in [0.4, 0.5) is 0 Å². The SMILES string of the molecule is CCc1ccc(C(C)NC(=O)CN(C)Cc2ccco2)cc1. The molecule has 22 heavy (non-hydrogen) atoms. The van der Waals surface area contributed by atoms with Crippen molar-refractivity contribution in [3.63, 3.8) is 0 Å². The van der Waals surface area contributed by atoms with Crippen molar-refractivity contribution >= 4 is 5.91 Å². The monoisotopic (exact) mass is 300 g/mol. The van der Waals surface area contributed by atoms with Crippen LogP contribution in [-0.4, -0.2) is 24.4 Å². The van der Waals surface area contributed by atoms with Crippen LogP contribution in [0, 0.1) is 0 Å². The fourth-order valence-corrected chi connectivity index (χ4v) is 2.38. The highest BCUT2D eigenvalue weighted by atomic mass is 16.3. The Bertz CT molecular complexity index is 576. The van der Waals surface area contributed by atoms with Gasteiger partial charge in [0.15, 0.2) is 0 Å². The maximum absolute atomic E-state index is 12.1. The molecule has 4 nitrogen and oxygen atoms in total. The Balaban J connectivity index is 1.82. The number of nitrogens with zero attached hydrogens (tertiary/aromatic N) is 1. The van der Waals surface area contributed by atoms with Crippen LogP contribution in [0.2, 0.25) is 0 Å². The lowest BCUT2D eigenvalue weighted by Gasteiger charge is -2.18. The average molecular weight is 300 g/mol. The lowest BCUT2D eigenvalue weighted by molar-refractivity contribution is -0.122. The van der Waals surface area contributed by atoms with Gasteiger partial charge in [-0.3, -0.25) is 9.69 Å². The zero-order chi connectivity index (χ0) is 15.9. The second kappa shape index (κ2) is 7.80. The molecular weight excluding hydrogens is 276 g/mol. The lowest BCUT2D eigenvalue weighted by atomic mass is 10.1. The van der Waals surface area contributed by atoms with Crippen molar-refractivity contribution in [2.75, 3.05) is 13.6 Å². The molecule has 0 spiro atoms. The van der Waals surface area contributed by atoms with Crippen molar-refractivity contribution in [2.45, 2.75) is 32.9 Å². The topological polar surface area (TPSA) is 45.5 Å². The predicted octanol–water partition coefficient (Wildman–Crippen LogP) is 3.15. The van der Waals surface area contributed by atoms with Gasteiger partial charge in [-0.05, 0) is 43.7 Å². The number of likely N-dealkylation sites (N-methyl/N-ethyl adjacent to an activating group) is 1. The molecule has 0 aliphatic carbocycles. The number of rotatable bonds is 7. The third-order valence-electron chi connectivity index (χ3n) is 3.68. The van der Waals surface area contributed by atoms with Crippen LogP contribution in [0.15, 0.2) is 47.1 Å². The molecule has 118 valence electrons. The molecule has 1 N–H and O–H groups in total. The van der Waals surface area contributed by atoms with E-state index in [0.29, 0.717) is 13.1 Å². The zero-order valence-electron chi connectivity index (χ0n) is 13.5. The van der Waals surface area contributed by atoms with Gasteiger partial charge < -0.3 is 9.73 Å². The predicted molar refractivity (Wildman–Crippen MR) is 87.4 cm³/mol. The number of hydrogen-bond acceptors (Lipinski definition) is 3. The fourth-order valence-electron chi connectivity index (χ4n) is 2.38. The van der Waals surface area contributed by atoms with Gasteiger partial charge in [0.2, 0.25) is 5.91 Å². The van der Waals surface area contributed by atoms with Gasteiger partial charge in [0.25, 0.3) is 0 Å².